The van der Waals surface area contributed by atoms with Crippen LogP contribution >= 0.6 is 11.6 Å². The highest BCUT2D eigenvalue weighted by Crippen LogP contribution is 2.35. The van der Waals surface area contributed by atoms with Crippen molar-refractivity contribution in [3.05, 3.63) is 59.5 Å². The van der Waals surface area contributed by atoms with Crippen LogP contribution in [0.3, 0.4) is 0 Å². The Labute approximate surface area is 143 Å². The Morgan fingerprint density at radius 1 is 1.29 bits per heavy atom. The minimum atomic E-state index is -0.794. The van der Waals surface area contributed by atoms with E-state index < -0.39 is 24.0 Å². The highest BCUT2D eigenvalue weighted by Gasteiger charge is 2.40. The summed E-state index contributed by atoms with van der Waals surface area (Å²) in [6.07, 6.45) is 0. The molecule has 6 nitrogen and oxygen atoms in total. The van der Waals surface area contributed by atoms with Crippen LogP contribution in [0.1, 0.15) is 11.8 Å². The van der Waals surface area contributed by atoms with Gasteiger partial charge in [0.1, 0.15) is 23.5 Å². The Balaban J connectivity index is 1.97. The zero-order valence-electron chi connectivity index (χ0n) is 12.8. The van der Waals surface area contributed by atoms with Gasteiger partial charge in [0, 0.05) is 11.3 Å². The predicted molar refractivity (Wildman–Crippen MR) is 88.2 cm³/mol. The molecule has 0 radical (unpaired) electrons. The number of methoxy groups -OCH3 is 1. The number of nitrogens with one attached hydrogen (secondary N) is 2. The van der Waals surface area contributed by atoms with Gasteiger partial charge in [-0.2, -0.15) is 0 Å². The number of furan rings is 1. The van der Waals surface area contributed by atoms with Crippen LogP contribution in [0.2, 0.25) is 5.02 Å². The lowest BCUT2D eigenvalue weighted by Gasteiger charge is -2.31. The Kier molecular flexibility index (Phi) is 4.31. The van der Waals surface area contributed by atoms with Crippen LogP contribution in [0, 0.1) is 5.92 Å². The molecule has 2 N–H and O–H groups in total. The maximum absolute atomic E-state index is 12.1. The summed E-state index contributed by atoms with van der Waals surface area (Å²) in [4.78, 5) is 23.8. The van der Waals surface area contributed by atoms with Gasteiger partial charge in [0.2, 0.25) is 0 Å². The van der Waals surface area contributed by atoms with E-state index in [0.29, 0.717) is 16.5 Å². The summed E-state index contributed by atoms with van der Waals surface area (Å²) in [7, 11) is 1.28. The standard InChI is InChI=1S/C17H15ClN2O4/c1-9-14(16(21)23-2)15(20-17(22)19-9)13-8-7-12(24-13)10-5-3-4-6-11(10)18/h3-8,14-15H,1H2,2H3,(H2,19,20,22)/t14-,15+/m1/s1. The minimum absolute atomic E-state index is 0.256. The molecule has 1 fully saturated rings. The largest absolute Gasteiger partial charge is 0.468 e. The molecule has 1 aliphatic heterocycles. The first kappa shape index (κ1) is 16.1. The molecule has 1 saturated heterocycles. The number of carbonyl (C=O) groups is 2. The molecule has 24 heavy (non-hydrogen) atoms. The predicted octanol–water partition coefficient (Wildman–Crippen LogP) is 3.26. The first-order valence-corrected chi connectivity index (χ1v) is 7.58. The first-order valence-electron chi connectivity index (χ1n) is 7.20. The molecule has 0 spiro atoms. The van der Waals surface area contributed by atoms with Crippen LogP contribution in [0.15, 0.2) is 53.1 Å². The van der Waals surface area contributed by atoms with Gasteiger partial charge >= 0.3 is 12.0 Å². The summed E-state index contributed by atoms with van der Waals surface area (Å²) in [5.41, 5.74) is 0.977. The van der Waals surface area contributed by atoms with E-state index in [4.69, 9.17) is 20.8 Å². The van der Waals surface area contributed by atoms with Crippen LogP contribution in [-0.2, 0) is 9.53 Å². The maximum atomic E-state index is 12.1. The van der Waals surface area contributed by atoms with Gasteiger partial charge in [-0.15, -0.1) is 0 Å². The number of benzene rings is 1. The van der Waals surface area contributed by atoms with Crippen LogP contribution in [0.5, 0.6) is 0 Å². The molecule has 3 rings (SSSR count). The smallest absolute Gasteiger partial charge is 0.319 e. The van der Waals surface area contributed by atoms with Crippen molar-refractivity contribution in [2.24, 2.45) is 5.92 Å². The molecule has 2 amide bonds. The van der Waals surface area contributed by atoms with Crippen LogP contribution < -0.4 is 10.6 Å². The Morgan fingerprint density at radius 2 is 2.04 bits per heavy atom. The maximum Gasteiger partial charge on any atom is 0.319 e. The molecular formula is C17H15ClN2O4. The molecule has 7 heteroatoms. The van der Waals surface area contributed by atoms with Crippen LogP contribution in [0.4, 0.5) is 4.79 Å². The molecule has 1 aromatic heterocycles. The molecule has 1 aliphatic rings. The lowest BCUT2D eigenvalue weighted by molar-refractivity contribution is -0.145. The van der Waals surface area contributed by atoms with Gasteiger partial charge in [-0.05, 0) is 24.3 Å². The van der Waals surface area contributed by atoms with Gasteiger partial charge < -0.3 is 19.8 Å². The molecule has 2 atom stereocenters. The van der Waals surface area contributed by atoms with Crippen molar-refractivity contribution in [3.63, 3.8) is 0 Å². The fraction of sp³-hybridized carbons (Fsp3) is 0.176. The third-order valence-corrected chi connectivity index (χ3v) is 4.13. The monoisotopic (exact) mass is 346 g/mol. The molecule has 1 aromatic carbocycles. The fourth-order valence-corrected chi connectivity index (χ4v) is 2.88. The van der Waals surface area contributed by atoms with Crippen molar-refractivity contribution < 1.29 is 18.7 Å². The average molecular weight is 347 g/mol. The summed E-state index contributed by atoms with van der Waals surface area (Å²) < 4.78 is 10.6. The molecule has 0 saturated carbocycles. The van der Waals surface area contributed by atoms with Gasteiger partial charge in [0.25, 0.3) is 0 Å². The van der Waals surface area contributed by atoms with Crippen LogP contribution in [0.25, 0.3) is 11.3 Å². The third kappa shape index (κ3) is 2.88. The third-order valence-electron chi connectivity index (χ3n) is 3.80. The minimum Gasteiger partial charge on any atom is -0.468 e. The van der Waals surface area contributed by atoms with Gasteiger partial charge in [-0.1, -0.05) is 30.3 Å². The topological polar surface area (TPSA) is 80.6 Å². The Hall–Kier alpha value is -2.73. The van der Waals surface area contributed by atoms with Crippen LogP contribution in [-0.4, -0.2) is 19.1 Å². The number of carbonyl (C=O) groups excluding carboxylic acids is 2. The average Bonchev–Trinajstić information content (AvgIpc) is 3.03. The molecule has 0 unspecified atom stereocenters. The van der Waals surface area contributed by atoms with Gasteiger partial charge in [0.15, 0.2) is 0 Å². The van der Waals surface area contributed by atoms with Crippen molar-refractivity contribution in [3.8, 4) is 11.3 Å². The zero-order valence-corrected chi connectivity index (χ0v) is 13.6. The van der Waals surface area contributed by atoms with E-state index in [1.54, 1.807) is 18.2 Å². The van der Waals surface area contributed by atoms with Gasteiger partial charge in [-0.3, -0.25) is 4.79 Å². The number of urea groups is 1. The Bertz CT molecular complexity index is 814. The summed E-state index contributed by atoms with van der Waals surface area (Å²) >= 11 is 6.17. The highest BCUT2D eigenvalue weighted by atomic mass is 35.5. The van der Waals surface area contributed by atoms with E-state index in [2.05, 4.69) is 17.2 Å². The molecule has 124 valence electrons. The zero-order chi connectivity index (χ0) is 17.3. The van der Waals surface area contributed by atoms with E-state index >= 15 is 0 Å². The second-order valence-electron chi connectivity index (χ2n) is 5.28. The summed E-state index contributed by atoms with van der Waals surface area (Å²) in [6.45, 7) is 3.73. The lowest BCUT2D eigenvalue weighted by Crippen LogP contribution is -2.50. The second-order valence-corrected chi connectivity index (χ2v) is 5.69. The van der Waals surface area contributed by atoms with E-state index in [0.717, 1.165) is 5.56 Å². The molecule has 0 aliphatic carbocycles. The second kappa shape index (κ2) is 6.41. The van der Waals surface area contributed by atoms with Crippen molar-refractivity contribution in [2.75, 3.05) is 7.11 Å². The van der Waals surface area contributed by atoms with Crippen molar-refractivity contribution in [2.45, 2.75) is 6.04 Å². The fourth-order valence-electron chi connectivity index (χ4n) is 2.65. The number of amides is 2. The number of hydrogen-bond acceptors (Lipinski definition) is 4. The molecule has 2 aromatic rings. The number of halogens is 1. The van der Waals surface area contributed by atoms with Crippen molar-refractivity contribution >= 4 is 23.6 Å². The number of hydrogen-bond donors (Lipinski definition) is 2. The van der Waals surface area contributed by atoms with E-state index in [9.17, 15) is 9.59 Å². The quantitative estimate of drug-likeness (QED) is 0.836. The molecule has 2 heterocycles. The summed E-state index contributed by atoms with van der Waals surface area (Å²) in [5.74, 6) is -0.361. The number of ether oxygens (including phenoxy) is 1. The Morgan fingerprint density at radius 3 is 2.75 bits per heavy atom. The highest BCUT2D eigenvalue weighted by molar-refractivity contribution is 6.33. The SMILES string of the molecule is C=C1NC(=O)N[C@@H](c2ccc(-c3ccccc3Cl)o2)[C@@H]1C(=O)OC. The van der Waals surface area contributed by atoms with E-state index in [1.165, 1.54) is 7.11 Å². The van der Waals surface area contributed by atoms with Crippen molar-refractivity contribution in [1.82, 2.24) is 10.6 Å². The van der Waals surface area contributed by atoms with Gasteiger partial charge in [0.05, 0.1) is 12.1 Å². The van der Waals surface area contributed by atoms with E-state index in [1.807, 2.05) is 18.2 Å². The summed E-state index contributed by atoms with van der Waals surface area (Å²) in [6, 6.07) is 9.50. The molecular weight excluding hydrogens is 332 g/mol. The first-order chi connectivity index (χ1) is 11.5. The summed E-state index contributed by atoms with van der Waals surface area (Å²) in [5, 5.41) is 5.70. The normalized spacial score (nSPS) is 20.2. The number of esters is 1. The number of rotatable bonds is 3. The van der Waals surface area contributed by atoms with Crippen molar-refractivity contribution in [1.29, 1.82) is 0 Å². The van der Waals surface area contributed by atoms with E-state index in [-0.39, 0.29) is 5.70 Å². The van der Waals surface area contributed by atoms with Gasteiger partial charge in [-0.25, -0.2) is 4.79 Å². The molecule has 0 bridgehead atoms. The lowest BCUT2D eigenvalue weighted by atomic mass is 9.93.